The topological polar surface area (TPSA) is 105 Å². The van der Waals surface area contributed by atoms with E-state index in [9.17, 15) is 4.79 Å². The Morgan fingerprint density at radius 3 is 2.59 bits per heavy atom. The smallest absolute Gasteiger partial charge is 0.243 e. The fourth-order valence-corrected chi connectivity index (χ4v) is 3.71. The minimum absolute atomic E-state index is 0.142. The second kappa shape index (κ2) is 11.5. The van der Waals surface area contributed by atoms with Crippen LogP contribution in [0.15, 0.2) is 35.6 Å². The number of anilines is 1. The fourth-order valence-electron chi connectivity index (χ4n) is 2.94. The molecule has 1 amide bonds. The second-order valence-electron chi connectivity index (χ2n) is 6.65. The maximum absolute atomic E-state index is 12.4. The van der Waals surface area contributed by atoms with Crippen molar-refractivity contribution in [1.82, 2.24) is 24.5 Å². The van der Waals surface area contributed by atoms with Crippen molar-refractivity contribution in [1.29, 1.82) is 0 Å². The van der Waals surface area contributed by atoms with Gasteiger partial charge in [0.25, 0.3) is 0 Å². The number of thioether (sulfide) groups is 1. The van der Waals surface area contributed by atoms with Crippen LogP contribution >= 0.6 is 11.8 Å². The van der Waals surface area contributed by atoms with Crippen LogP contribution in [0.4, 0.5) is 5.69 Å². The number of benzene rings is 1. The Kier molecular flexibility index (Phi) is 8.51. The first-order chi connectivity index (χ1) is 15.6. The number of methoxy groups -OCH3 is 2. The van der Waals surface area contributed by atoms with Gasteiger partial charge in [0.05, 0.1) is 32.6 Å². The summed E-state index contributed by atoms with van der Waals surface area (Å²) in [5.74, 6) is 1.91. The van der Waals surface area contributed by atoms with Crippen LogP contribution < -0.4 is 14.8 Å². The fraction of sp³-hybridized carbons (Fsp3) is 0.429. The molecule has 0 aliphatic rings. The number of nitrogens with zero attached hydrogens (tertiary/aromatic N) is 5. The maximum atomic E-state index is 12.4. The Bertz CT molecular complexity index is 1020. The summed E-state index contributed by atoms with van der Waals surface area (Å²) in [6, 6.07) is 7.17. The number of ether oxygens (including phenoxy) is 3. The number of rotatable bonds is 12. The van der Waals surface area contributed by atoms with Crippen molar-refractivity contribution in [3.8, 4) is 23.0 Å². The van der Waals surface area contributed by atoms with Crippen LogP contribution in [0, 0.1) is 0 Å². The minimum Gasteiger partial charge on any atom is -0.497 e. The van der Waals surface area contributed by atoms with Crippen molar-refractivity contribution in [2.45, 2.75) is 32.1 Å². The third kappa shape index (κ3) is 5.80. The van der Waals surface area contributed by atoms with E-state index in [-0.39, 0.29) is 11.7 Å². The molecule has 172 valence electrons. The molecule has 1 N–H and O–H groups in total. The summed E-state index contributed by atoms with van der Waals surface area (Å²) in [7, 11) is 3.24. The van der Waals surface area contributed by atoms with E-state index in [1.54, 1.807) is 43.2 Å². The van der Waals surface area contributed by atoms with Crippen molar-refractivity contribution in [2.75, 3.05) is 38.5 Å². The number of carbonyl (C=O) groups is 1. The SMILES string of the molecule is CCOc1nn(CC)cc1-c1nnc(SCC(=O)Nc2ccc(OC)cc2)n1CCOC. The third-order valence-electron chi connectivity index (χ3n) is 4.52. The first-order valence-electron chi connectivity index (χ1n) is 10.3. The molecule has 0 atom stereocenters. The predicted molar refractivity (Wildman–Crippen MR) is 122 cm³/mol. The average molecular weight is 461 g/mol. The molecule has 0 unspecified atom stereocenters. The molecule has 11 heteroatoms. The van der Waals surface area contributed by atoms with Crippen LogP contribution in [0.1, 0.15) is 13.8 Å². The quantitative estimate of drug-likeness (QED) is 0.411. The average Bonchev–Trinajstić information content (AvgIpc) is 3.40. The van der Waals surface area contributed by atoms with Gasteiger partial charge < -0.3 is 19.5 Å². The van der Waals surface area contributed by atoms with Gasteiger partial charge in [0.2, 0.25) is 11.8 Å². The molecular weight excluding hydrogens is 432 g/mol. The molecule has 3 rings (SSSR count). The lowest BCUT2D eigenvalue weighted by molar-refractivity contribution is -0.113. The van der Waals surface area contributed by atoms with E-state index in [4.69, 9.17) is 14.2 Å². The monoisotopic (exact) mass is 460 g/mol. The van der Waals surface area contributed by atoms with Gasteiger partial charge in [0.15, 0.2) is 11.0 Å². The van der Waals surface area contributed by atoms with Crippen molar-refractivity contribution in [2.24, 2.45) is 0 Å². The zero-order chi connectivity index (χ0) is 22.9. The predicted octanol–water partition coefficient (Wildman–Crippen LogP) is 2.95. The largest absolute Gasteiger partial charge is 0.497 e. The Balaban J connectivity index is 1.76. The number of nitrogens with one attached hydrogen (secondary N) is 1. The van der Waals surface area contributed by atoms with Crippen molar-refractivity contribution in [3.05, 3.63) is 30.5 Å². The lowest BCUT2D eigenvalue weighted by atomic mass is 10.3. The molecule has 0 fully saturated rings. The van der Waals surface area contributed by atoms with Gasteiger partial charge in [0, 0.05) is 25.5 Å². The molecular formula is C21H28N6O4S. The van der Waals surface area contributed by atoms with E-state index in [1.807, 2.05) is 24.6 Å². The van der Waals surface area contributed by atoms with Gasteiger partial charge in [-0.1, -0.05) is 11.8 Å². The van der Waals surface area contributed by atoms with Gasteiger partial charge in [-0.25, -0.2) is 0 Å². The van der Waals surface area contributed by atoms with E-state index in [2.05, 4.69) is 20.6 Å². The van der Waals surface area contributed by atoms with Crippen LogP contribution in [-0.4, -0.2) is 63.6 Å². The maximum Gasteiger partial charge on any atom is 0.243 e. The highest BCUT2D eigenvalue weighted by Gasteiger charge is 2.21. The molecule has 0 radical (unpaired) electrons. The van der Waals surface area contributed by atoms with Gasteiger partial charge >= 0.3 is 0 Å². The summed E-state index contributed by atoms with van der Waals surface area (Å²) in [4.78, 5) is 12.4. The normalized spacial score (nSPS) is 10.9. The molecule has 0 aliphatic heterocycles. The summed E-state index contributed by atoms with van der Waals surface area (Å²) >= 11 is 1.31. The highest BCUT2D eigenvalue weighted by atomic mass is 32.2. The molecule has 0 spiro atoms. The van der Waals surface area contributed by atoms with Crippen LogP contribution in [0.2, 0.25) is 0 Å². The summed E-state index contributed by atoms with van der Waals surface area (Å²) in [6.07, 6.45) is 1.89. The Morgan fingerprint density at radius 1 is 1.16 bits per heavy atom. The summed E-state index contributed by atoms with van der Waals surface area (Å²) < 4.78 is 19.8. The van der Waals surface area contributed by atoms with Crippen LogP contribution in [0.25, 0.3) is 11.4 Å². The van der Waals surface area contributed by atoms with E-state index >= 15 is 0 Å². The zero-order valence-electron chi connectivity index (χ0n) is 18.7. The van der Waals surface area contributed by atoms with Gasteiger partial charge in [0.1, 0.15) is 11.3 Å². The molecule has 10 nitrogen and oxygen atoms in total. The zero-order valence-corrected chi connectivity index (χ0v) is 19.5. The molecule has 2 aromatic heterocycles. The van der Waals surface area contributed by atoms with Crippen molar-refractivity contribution >= 4 is 23.4 Å². The first-order valence-corrected chi connectivity index (χ1v) is 11.3. The Morgan fingerprint density at radius 2 is 1.94 bits per heavy atom. The molecule has 2 heterocycles. The molecule has 3 aromatic rings. The highest BCUT2D eigenvalue weighted by molar-refractivity contribution is 7.99. The Hall–Kier alpha value is -3.05. The number of amides is 1. The lowest BCUT2D eigenvalue weighted by Gasteiger charge is -2.10. The summed E-state index contributed by atoms with van der Waals surface area (Å²) in [5, 5.41) is 16.6. The number of carbonyl (C=O) groups excluding carboxylic acids is 1. The standard InChI is InChI=1S/C21H28N6O4S/c1-5-26-13-17(20(25-26)31-6-2)19-23-24-21(27(19)11-12-29-3)32-14-18(28)22-15-7-9-16(30-4)10-8-15/h7-10,13H,5-6,11-12,14H2,1-4H3,(H,22,28). The first kappa shape index (κ1) is 23.6. The second-order valence-corrected chi connectivity index (χ2v) is 7.60. The third-order valence-corrected chi connectivity index (χ3v) is 5.48. The van der Waals surface area contributed by atoms with Gasteiger partial charge in [-0.2, -0.15) is 0 Å². The number of aryl methyl sites for hydroxylation is 1. The van der Waals surface area contributed by atoms with E-state index in [0.717, 1.165) is 11.3 Å². The molecule has 0 saturated carbocycles. The van der Waals surface area contributed by atoms with E-state index in [1.165, 1.54) is 11.8 Å². The summed E-state index contributed by atoms with van der Waals surface area (Å²) in [5.41, 5.74) is 1.46. The number of hydrogen-bond donors (Lipinski definition) is 1. The van der Waals surface area contributed by atoms with Gasteiger partial charge in [-0.05, 0) is 38.1 Å². The molecule has 1 aromatic carbocycles. The molecule has 0 saturated heterocycles. The molecule has 32 heavy (non-hydrogen) atoms. The number of aromatic nitrogens is 5. The van der Waals surface area contributed by atoms with E-state index in [0.29, 0.717) is 48.9 Å². The summed E-state index contributed by atoms with van der Waals surface area (Å²) in [6.45, 7) is 6.12. The van der Waals surface area contributed by atoms with E-state index < -0.39 is 0 Å². The molecule has 0 aliphatic carbocycles. The van der Waals surface area contributed by atoms with Crippen molar-refractivity contribution in [3.63, 3.8) is 0 Å². The van der Waals surface area contributed by atoms with Crippen LogP contribution in [0.5, 0.6) is 11.6 Å². The van der Waals surface area contributed by atoms with Crippen LogP contribution in [0.3, 0.4) is 0 Å². The van der Waals surface area contributed by atoms with Gasteiger partial charge in [-0.15, -0.1) is 15.3 Å². The van der Waals surface area contributed by atoms with Crippen LogP contribution in [-0.2, 0) is 22.6 Å². The Labute approximate surface area is 191 Å². The van der Waals surface area contributed by atoms with Crippen molar-refractivity contribution < 1.29 is 19.0 Å². The number of hydrogen-bond acceptors (Lipinski definition) is 8. The highest BCUT2D eigenvalue weighted by Crippen LogP contribution is 2.30. The van der Waals surface area contributed by atoms with Gasteiger partial charge in [-0.3, -0.25) is 14.0 Å². The lowest BCUT2D eigenvalue weighted by Crippen LogP contribution is -2.15. The minimum atomic E-state index is -0.142. The molecule has 0 bridgehead atoms.